The normalized spacial score (nSPS) is 35.3. The lowest BCUT2D eigenvalue weighted by Gasteiger charge is -2.51. The minimum atomic E-state index is -0.401. The van der Waals surface area contributed by atoms with Crippen LogP contribution in [0.4, 0.5) is 0 Å². The Hall–Kier alpha value is -0.830. The van der Waals surface area contributed by atoms with Crippen LogP contribution in [-0.4, -0.2) is 18.1 Å². The summed E-state index contributed by atoms with van der Waals surface area (Å²) in [6, 6.07) is 0. The second-order valence-corrected chi connectivity index (χ2v) is 6.48. The lowest BCUT2D eigenvalue weighted by molar-refractivity contribution is -0.162. The second-order valence-electron chi connectivity index (χ2n) is 6.48. The molecule has 96 valence electrons. The molecule has 2 aliphatic carbocycles. The number of esters is 1. The molecule has 3 nitrogen and oxygen atoms in total. The molecule has 3 heteroatoms. The van der Waals surface area contributed by atoms with Gasteiger partial charge in [-0.1, -0.05) is 12.2 Å². The third-order valence-electron chi connectivity index (χ3n) is 3.99. The maximum absolute atomic E-state index is 11.9. The van der Waals surface area contributed by atoms with E-state index in [1.165, 1.54) is 0 Å². The Kier molecular flexibility index (Phi) is 3.06. The van der Waals surface area contributed by atoms with Gasteiger partial charge in [0.2, 0.25) is 0 Å². The van der Waals surface area contributed by atoms with Crippen LogP contribution in [0, 0.1) is 17.3 Å². The van der Waals surface area contributed by atoms with Gasteiger partial charge in [-0.2, -0.15) is 0 Å². The van der Waals surface area contributed by atoms with E-state index in [9.17, 15) is 4.79 Å². The average Bonchev–Trinajstić information content (AvgIpc) is 2.54. The molecule has 0 aromatic heterocycles. The molecule has 0 aromatic rings. The SMILES string of the molecule is CC(C)(C)OC(=O)C[C@]1(CN)C[C@@H]2CC=C[C@@H]21. The van der Waals surface area contributed by atoms with Gasteiger partial charge in [0.25, 0.3) is 0 Å². The zero-order valence-electron chi connectivity index (χ0n) is 11.0. The largest absolute Gasteiger partial charge is 0.460 e. The Morgan fingerprint density at radius 1 is 1.53 bits per heavy atom. The molecular formula is C14H23NO2. The van der Waals surface area contributed by atoms with Crippen molar-refractivity contribution in [3.63, 3.8) is 0 Å². The van der Waals surface area contributed by atoms with Crippen molar-refractivity contribution in [3.8, 4) is 0 Å². The van der Waals surface area contributed by atoms with Gasteiger partial charge in [-0.25, -0.2) is 0 Å². The fourth-order valence-corrected chi connectivity index (χ4v) is 3.26. The van der Waals surface area contributed by atoms with Crippen LogP contribution in [0.2, 0.25) is 0 Å². The van der Waals surface area contributed by atoms with E-state index in [2.05, 4.69) is 12.2 Å². The van der Waals surface area contributed by atoms with Crippen LogP contribution in [0.1, 0.15) is 40.0 Å². The summed E-state index contributed by atoms with van der Waals surface area (Å²) in [5.41, 5.74) is 5.47. The number of fused-ring (bicyclic) bond motifs is 1. The summed E-state index contributed by atoms with van der Waals surface area (Å²) >= 11 is 0. The molecule has 0 unspecified atom stereocenters. The average molecular weight is 237 g/mol. The Morgan fingerprint density at radius 3 is 2.76 bits per heavy atom. The first-order valence-electron chi connectivity index (χ1n) is 6.45. The van der Waals surface area contributed by atoms with E-state index in [0.717, 1.165) is 18.8 Å². The highest BCUT2D eigenvalue weighted by Crippen LogP contribution is 2.57. The number of carbonyl (C=O) groups excluding carboxylic acids is 1. The fourth-order valence-electron chi connectivity index (χ4n) is 3.26. The molecule has 0 spiro atoms. The maximum Gasteiger partial charge on any atom is 0.306 e. The van der Waals surface area contributed by atoms with E-state index < -0.39 is 5.60 Å². The van der Waals surface area contributed by atoms with Crippen molar-refractivity contribution >= 4 is 5.97 Å². The first kappa shape index (κ1) is 12.6. The molecule has 0 heterocycles. The number of rotatable bonds is 3. The first-order valence-corrected chi connectivity index (χ1v) is 6.45. The number of allylic oxidation sites excluding steroid dienone is 2. The third-order valence-corrected chi connectivity index (χ3v) is 3.99. The molecule has 17 heavy (non-hydrogen) atoms. The lowest BCUT2D eigenvalue weighted by atomic mass is 9.53. The van der Waals surface area contributed by atoms with Crippen molar-refractivity contribution < 1.29 is 9.53 Å². The first-order chi connectivity index (χ1) is 7.86. The van der Waals surface area contributed by atoms with Crippen molar-refractivity contribution in [1.82, 2.24) is 0 Å². The smallest absolute Gasteiger partial charge is 0.306 e. The molecular weight excluding hydrogens is 214 g/mol. The zero-order valence-corrected chi connectivity index (χ0v) is 11.0. The Morgan fingerprint density at radius 2 is 2.24 bits per heavy atom. The quantitative estimate of drug-likeness (QED) is 0.605. The highest BCUT2D eigenvalue weighted by molar-refractivity contribution is 5.71. The molecule has 1 fully saturated rings. The maximum atomic E-state index is 11.9. The summed E-state index contributed by atoms with van der Waals surface area (Å²) in [5.74, 6) is 1.11. The van der Waals surface area contributed by atoms with Gasteiger partial charge in [0.05, 0.1) is 6.42 Å². The van der Waals surface area contributed by atoms with Crippen LogP contribution in [0.5, 0.6) is 0 Å². The van der Waals surface area contributed by atoms with Gasteiger partial charge >= 0.3 is 5.97 Å². The summed E-state index contributed by atoms with van der Waals surface area (Å²) in [5, 5.41) is 0. The predicted molar refractivity (Wildman–Crippen MR) is 67.3 cm³/mol. The van der Waals surface area contributed by atoms with Gasteiger partial charge in [0.15, 0.2) is 0 Å². The third kappa shape index (κ3) is 2.39. The van der Waals surface area contributed by atoms with E-state index in [0.29, 0.717) is 18.9 Å². The van der Waals surface area contributed by atoms with Crippen LogP contribution in [0.25, 0.3) is 0 Å². The highest BCUT2D eigenvalue weighted by Gasteiger charge is 2.53. The molecule has 3 atom stereocenters. The van der Waals surface area contributed by atoms with Crippen LogP contribution in [0.3, 0.4) is 0 Å². The monoisotopic (exact) mass is 237 g/mol. The fraction of sp³-hybridized carbons (Fsp3) is 0.786. The lowest BCUT2D eigenvalue weighted by Crippen LogP contribution is -2.51. The minimum Gasteiger partial charge on any atom is -0.460 e. The Bertz CT molecular complexity index is 343. The number of carbonyl (C=O) groups is 1. The number of hydrogen-bond acceptors (Lipinski definition) is 3. The van der Waals surface area contributed by atoms with E-state index in [-0.39, 0.29) is 11.4 Å². The summed E-state index contributed by atoms with van der Waals surface area (Å²) < 4.78 is 5.40. The zero-order chi connectivity index (χ0) is 12.7. The number of nitrogens with two attached hydrogens (primary N) is 1. The van der Waals surface area contributed by atoms with Gasteiger partial charge in [-0.15, -0.1) is 0 Å². The van der Waals surface area contributed by atoms with Crippen LogP contribution >= 0.6 is 0 Å². The molecule has 2 N–H and O–H groups in total. The molecule has 0 bridgehead atoms. The van der Waals surface area contributed by atoms with Gasteiger partial charge < -0.3 is 10.5 Å². The van der Waals surface area contributed by atoms with Gasteiger partial charge in [0, 0.05) is 0 Å². The van der Waals surface area contributed by atoms with Crippen LogP contribution in [0.15, 0.2) is 12.2 Å². The summed E-state index contributed by atoms with van der Waals surface area (Å²) in [7, 11) is 0. The topological polar surface area (TPSA) is 52.3 Å². The van der Waals surface area contributed by atoms with Crippen molar-refractivity contribution in [3.05, 3.63) is 12.2 Å². The molecule has 1 saturated carbocycles. The van der Waals surface area contributed by atoms with E-state index in [1.807, 2.05) is 20.8 Å². The van der Waals surface area contributed by atoms with Gasteiger partial charge in [0.1, 0.15) is 5.60 Å². The Labute approximate surface area is 103 Å². The number of ether oxygens (including phenoxy) is 1. The molecule has 2 rings (SSSR count). The Balaban J connectivity index is 1.97. The molecule has 0 aliphatic heterocycles. The minimum absolute atomic E-state index is 0.0278. The van der Waals surface area contributed by atoms with Gasteiger partial charge in [-0.05, 0) is 57.4 Å². The van der Waals surface area contributed by atoms with E-state index in [1.54, 1.807) is 0 Å². The van der Waals surface area contributed by atoms with Crippen molar-refractivity contribution in [2.45, 2.75) is 45.6 Å². The molecule has 2 aliphatic rings. The summed E-state index contributed by atoms with van der Waals surface area (Å²) in [4.78, 5) is 11.9. The molecule has 0 aromatic carbocycles. The van der Waals surface area contributed by atoms with Crippen LogP contribution < -0.4 is 5.73 Å². The summed E-state index contributed by atoms with van der Waals surface area (Å²) in [6.45, 7) is 6.29. The second kappa shape index (κ2) is 4.13. The van der Waals surface area contributed by atoms with E-state index >= 15 is 0 Å². The molecule has 0 saturated heterocycles. The van der Waals surface area contributed by atoms with Crippen molar-refractivity contribution in [2.75, 3.05) is 6.54 Å². The van der Waals surface area contributed by atoms with Gasteiger partial charge in [-0.3, -0.25) is 4.79 Å². The highest BCUT2D eigenvalue weighted by atomic mass is 16.6. The summed E-state index contributed by atoms with van der Waals surface area (Å²) in [6.07, 6.45) is 7.15. The molecule has 0 amide bonds. The number of hydrogen-bond donors (Lipinski definition) is 1. The van der Waals surface area contributed by atoms with Crippen molar-refractivity contribution in [1.29, 1.82) is 0 Å². The predicted octanol–water partition coefficient (Wildman–Crippen LogP) is 2.26. The van der Waals surface area contributed by atoms with Crippen LogP contribution in [-0.2, 0) is 9.53 Å². The van der Waals surface area contributed by atoms with Crippen molar-refractivity contribution in [2.24, 2.45) is 23.0 Å². The standard InChI is InChI=1S/C14H23NO2/c1-13(2,3)17-12(16)8-14(9-15)7-10-5-4-6-11(10)14/h4,6,10-11H,5,7-9,15H2,1-3H3/t10-,11-,14-/m0/s1. The molecule has 0 radical (unpaired) electrons. The van der Waals surface area contributed by atoms with E-state index in [4.69, 9.17) is 10.5 Å².